The third-order valence-corrected chi connectivity index (χ3v) is 2.83. The number of rotatable bonds is 3. The molecule has 1 amide bonds. The summed E-state index contributed by atoms with van der Waals surface area (Å²) in [5.41, 5.74) is 11.9. The van der Waals surface area contributed by atoms with Gasteiger partial charge >= 0.3 is 0 Å². The monoisotopic (exact) mass is 335 g/mol. The van der Waals surface area contributed by atoms with Gasteiger partial charge in [0.15, 0.2) is 0 Å². The molecule has 15 heavy (non-hydrogen) atoms. The van der Waals surface area contributed by atoms with Crippen molar-refractivity contribution in [3.63, 3.8) is 0 Å². The molecule has 0 radical (unpaired) electrons. The summed E-state index contributed by atoms with van der Waals surface area (Å²) in [4.78, 5) is 11.6. The first-order valence-corrected chi connectivity index (χ1v) is 5.92. The topological polar surface area (TPSA) is 67.1 Å². The summed E-state index contributed by atoms with van der Waals surface area (Å²) < 4.78 is 1.49. The molecule has 0 spiro atoms. The maximum absolute atomic E-state index is 11.6. The van der Waals surface area contributed by atoms with Crippen molar-refractivity contribution < 1.29 is 4.79 Å². The van der Waals surface area contributed by atoms with Gasteiger partial charge in [-0.1, -0.05) is 22.9 Å². The molecule has 0 unspecified atom stereocenters. The van der Waals surface area contributed by atoms with Crippen LogP contribution in [0.25, 0.3) is 0 Å². The third-order valence-electron chi connectivity index (χ3n) is 1.72. The maximum Gasteiger partial charge on any atom is 0.267 e. The van der Waals surface area contributed by atoms with Gasteiger partial charge in [-0.15, -0.1) is 0 Å². The molecule has 0 aliphatic carbocycles. The van der Waals surface area contributed by atoms with Gasteiger partial charge in [0.2, 0.25) is 0 Å². The van der Waals surface area contributed by atoms with Gasteiger partial charge in [0.05, 0.1) is 11.3 Å². The highest BCUT2D eigenvalue weighted by atomic mass is 79.9. The number of nitrogens with two attached hydrogens (primary N) is 1. The Bertz CT molecular complexity index is 382. The Labute approximate surface area is 105 Å². The van der Waals surface area contributed by atoms with E-state index < -0.39 is 0 Å². The third kappa shape index (κ3) is 3.19. The number of halogens is 2. The fraction of sp³-hybridized carbons (Fsp3) is 0.222. The van der Waals surface area contributed by atoms with Gasteiger partial charge in [-0.05, 0) is 28.1 Å². The summed E-state index contributed by atoms with van der Waals surface area (Å²) in [6.45, 7) is 2.54. The van der Waals surface area contributed by atoms with Gasteiger partial charge in [0, 0.05) is 15.5 Å². The molecule has 1 aromatic rings. The van der Waals surface area contributed by atoms with E-state index in [1.807, 2.05) is 6.92 Å². The highest BCUT2D eigenvalue weighted by Crippen LogP contribution is 2.27. The van der Waals surface area contributed by atoms with E-state index in [1.54, 1.807) is 12.1 Å². The highest BCUT2D eigenvalue weighted by molar-refractivity contribution is 9.11. The lowest BCUT2D eigenvalue weighted by Gasteiger charge is -2.09. The fourth-order valence-corrected chi connectivity index (χ4v) is 2.23. The summed E-state index contributed by atoms with van der Waals surface area (Å²) in [6, 6.07) is 3.46. The van der Waals surface area contributed by atoms with Crippen LogP contribution in [0.3, 0.4) is 0 Å². The number of hydrogen-bond donors (Lipinski definition) is 3. The van der Waals surface area contributed by atoms with Crippen molar-refractivity contribution in [2.45, 2.75) is 6.92 Å². The van der Waals surface area contributed by atoms with Crippen LogP contribution in [0.15, 0.2) is 21.1 Å². The highest BCUT2D eigenvalue weighted by Gasteiger charge is 2.12. The zero-order valence-corrected chi connectivity index (χ0v) is 11.3. The molecule has 0 aliphatic heterocycles. The molecule has 0 aliphatic rings. The number of amides is 1. The van der Waals surface area contributed by atoms with Crippen LogP contribution in [0.4, 0.5) is 5.69 Å². The van der Waals surface area contributed by atoms with Crippen molar-refractivity contribution in [2.75, 3.05) is 12.3 Å². The predicted octanol–water partition coefficient (Wildman–Crippen LogP) is 2.05. The van der Waals surface area contributed by atoms with Gasteiger partial charge in [0.25, 0.3) is 5.91 Å². The smallest absolute Gasteiger partial charge is 0.267 e. The van der Waals surface area contributed by atoms with E-state index in [-0.39, 0.29) is 5.91 Å². The Morgan fingerprint density at radius 1 is 1.47 bits per heavy atom. The number of carbonyl (C=O) groups excluding carboxylic acids is 1. The lowest BCUT2D eigenvalue weighted by atomic mass is 10.2. The van der Waals surface area contributed by atoms with Gasteiger partial charge in [-0.2, -0.15) is 0 Å². The molecule has 6 heteroatoms. The SMILES string of the molecule is CCNNC(=O)c1cc(Br)cc(Br)c1N. The van der Waals surface area contributed by atoms with E-state index in [0.717, 1.165) is 4.47 Å². The van der Waals surface area contributed by atoms with E-state index in [9.17, 15) is 4.79 Å². The number of benzene rings is 1. The van der Waals surface area contributed by atoms with Crippen LogP contribution in [0.5, 0.6) is 0 Å². The molecule has 4 N–H and O–H groups in total. The van der Waals surface area contributed by atoms with E-state index in [4.69, 9.17) is 5.73 Å². The average molecular weight is 337 g/mol. The second-order valence-electron chi connectivity index (χ2n) is 2.83. The first-order chi connectivity index (χ1) is 7.06. The standard InChI is InChI=1S/C9H11Br2N3O/c1-2-13-14-9(15)6-3-5(10)4-7(11)8(6)12/h3-4,13H,2,12H2,1H3,(H,14,15). The summed E-state index contributed by atoms with van der Waals surface area (Å²) in [7, 11) is 0. The molecule has 0 saturated heterocycles. The molecule has 0 aromatic heterocycles. The van der Waals surface area contributed by atoms with E-state index in [2.05, 4.69) is 42.7 Å². The van der Waals surface area contributed by atoms with Gasteiger partial charge in [-0.3, -0.25) is 10.2 Å². The Kier molecular flexibility index (Phi) is 4.56. The number of hydrogen-bond acceptors (Lipinski definition) is 3. The Hall–Kier alpha value is -0.590. The minimum atomic E-state index is -0.253. The Morgan fingerprint density at radius 2 is 2.13 bits per heavy atom. The first-order valence-electron chi connectivity index (χ1n) is 4.34. The van der Waals surface area contributed by atoms with Crippen molar-refractivity contribution in [3.8, 4) is 0 Å². The predicted molar refractivity (Wildman–Crippen MR) is 67.4 cm³/mol. The van der Waals surface area contributed by atoms with Crippen molar-refractivity contribution in [2.24, 2.45) is 0 Å². The molecule has 82 valence electrons. The van der Waals surface area contributed by atoms with Gasteiger partial charge < -0.3 is 5.73 Å². The summed E-state index contributed by atoms with van der Waals surface area (Å²) in [5, 5.41) is 0. The van der Waals surface area contributed by atoms with Crippen molar-refractivity contribution in [1.29, 1.82) is 0 Å². The van der Waals surface area contributed by atoms with Crippen LogP contribution in [0, 0.1) is 0 Å². The summed E-state index contributed by atoms with van der Waals surface area (Å²) in [6.07, 6.45) is 0. The van der Waals surface area contributed by atoms with Crippen molar-refractivity contribution in [1.82, 2.24) is 10.9 Å². The van der Waals surface area contributed by atoms with Gasteiger partial charge in [-0.25, -0.2) is 5.43 Å². The zero-order chi connectivity index (χ0) is 11.4. The Balaban J connectivity index is 2.98. The molecular formula is C9H11Br2N3O. The van der Waals surface area contributed by atoms with Crippen LogP contribution in [0.2, 0.25) is 0 Å². The lowest BCUT2D eigenvalue weighted by molar-refractivity contribution is 0.0935. The van der Waals surface area contributed by atoms with Crippen LogP contribution >= 0.6 is 31.9 Å². The number of carbonyl (C=O) groups is 1. The van der Waals surface area contributed by atoms with E-state index in [0.29, 0.717) is 22.3 Å². The minimum absolute atomic E-state index is 0.253. The second kappa shape index (κ2) is 5.48. The number of anilines is 1. The zero-order valence-electron chi connectivity index (χ0n) is 8.10. The summed E-state index contributed by atoms with van der Waals surface area (Å²) >= 11 is 6.58. The molecule has 0 saturated carbocycles. The largest absolute Gasteiger partial charge is 0.397 e. The number of nitrogen functional groups attached to an aromatic ring is 1. The van der Waals surface area contributed by atoms with E-state index >= 15 is 0 Å². The van der Waals surface area contributed by atoms with Crippen LogP contribution in [-0.4, -0.2) is 12.5 Å². The molecular weight excluding hydrogens is 326 g/mol. The van der Waals surface area contributed by atoms with Gasteiger partial charge in [0.1, 0.15) is 0 Å². The van der Waals surface area contributed by atoms with Crippen LogP contribution < -0.4 is 16.6 Å². The first kappa shape index (κ1) is 12.5. The molecule has 0 fully saturated rings. The lowest BCUT2D eigenvalue weighted by Crippen LogP contribution is -2.37. The molecule has 1 aromatic carbocycles. The quantitative estimate of drug-likeness (QED) is 0.584. The second-order valence-corrected chi connectivity index (χ2v) is 4.60. The van der Waals surface area contributed by atoms with Crippen molar-refractivity contribution >= 4 is 43.5 Å². The average Bonchev–Trinajstić information content (AvgIpc) is 2.19. The van der Waals surface area contributed by atoms with Crippen LogP contribution in [0.1, 0.15) is 17.3 Å². The molecule has 4 nitrogen and oxygen atoms in total. The minimum Gasteiger partial charge on any atom is -0.397 e. The number of hydrazine groups is 1. The normalized spacial score (nSPS) is 10.1. The molecule has 1 rings (SSSR count). The summed E-state index contributed by atoms with van der Waals surface area (Å²) in [5.74, 6) is -0.253. The number of nitrogens with one attached hydrogen (secondary N) is 2. The van der Waals surface area contributed by atoms with E-state index in [1.165, 1.54) is 0 Å². The van der Waals surface area contributed by atoms with Crippen molar-refractivity contribution in [3.05, 3.63) is 26.6 Å². The fourth-order valence-electron chi connectivity index (χ4n) is 1.01. The van der Waals surface area contributed by atoms with Crippen LogP contribution in [-0.2, 0) is 0 Å². The maximum atomic E-state index is 11.6. The molecule has 0 atom stereocenters. The molecule has 0 bridgehead atoms. The Morgan fingerprint density at radius 3 is 2.73 bits per heavy atom. The molecule has 0 heterocycles.